The van der Waals surface area contributed by atoms with Gasteiger partial charge >= 0.3 is 5.97 Å². The van der Waals surface area contributed by atoms with Crippen molar-refractivity contribution in [2.45, 2.75) is 38.5 Å². The number of aliphatic carboxylic acids is 1. The van der Waals surface area contributed by atoms with Crippen LogP contribution in [0.15, 0.2) is 18.2 Å². The number of piperidine rings is 1. The van der Waals surface area contributed by atoms with E-state index in [0.29, 0.717) is 18.3 Å². The van der Waals surface area contributed by atoms with Crippen molar-refractivity contribution < 1.29 is 19.7 Å². The quantitative estimate of drug-likeness (QED) is 0.720. The van der Waals surface area contributed by atoms with Gasteiger partial charge in [0.15, 0.2) is 0 Å². The maximum atomic E-state index is 10.4. The van der Waals surface area contributed by atoms with Crippen molar-refractivity contribution in [1.29, 1.82) is 0 Å². The van der Waals surface area contributed by atoms with Crippen LogP contribution in [0.5, 0.6) is 5.75 Å². The number of benzene rings is 1. The van der Waals surface area contributed by atoms with E-state index in [4.69, 9.17) is 9.84 Å². The third-order valence-corrected chi connectivity index (χ3v) is 4.56. The molecule has 0 spiro atoms. The first kappa shape index (κ1) is 17.8. The number of ether oxygens (including phenoxy) is 1. The Morgan fingerprint density at radius 2 is 2.04 bits per heavy atom. The van der Waals surface area contributed by atoms with Gasteiger partial charge in [-0.25, -0.2) is 0 Å². The van der Waals surface area contributed by atoms with Crippen LogP contribution in [0.3, 0.4) is 0 Å². The summed E-state index contributed by atoms with van der Waals surface area (Å²) in [7, 11) is 0. The summed E-state index contributed by atoms with van der Waals surface area (Å²) in [6.07, 6.45) is 2.94. The molecule has 23 heavy (non-hydrogen) atoms. The van der Waals surface area contributed by atoms with Gasteiger partial charge in [-0.3, -0.25) is 4.79 Å². The van der Waals surface area contributed by atoms with Crippen LogP contribution in [0, 0.1) is 0 Å². The molecular weight excluding hydrogens is 294 g/mol. The van der Waals surface area contributed by atoms with E-state index in [1.165, 1.54) is 0 Å². The predicted molar refractivity (Wildman–Crippen MR) is 89.0 cm³/mol. The maximum absolute atomic E-state index is 10.4. The van der Waals surface area contributed by atoms with E-state index < -0.39 is 5.97 Å². The third-order valence-electron chi connectivity index (χ3n) is 4.56. The molecule has 5 heteroatoms. The van der Waals surface area contributed by atoms with Gasteiger partial charge in [0.1, 0.15) is 5.75 Å². The second kappa shape index (κ2) is 8.89. The molecule has 1 fully saturated rings. The number of carbonyl (C=O) groups is 1. The van der Waals surface area contributed by atoms with E-state index in [1.807, 2.05) is 6.07 Å². The molecule has 1 aliphatic heterocycles. The van der Waals surface area contributed by atoms with Gasteiger partial charge in [-0.15, -0.1) is 0 Å². The van der Waals surface area contributed by atoms with Crippen LogP contribution in [0.25, 0.3) is 0 Å². The van der Waals surface area contributed by atoms with Crippen LogP contribution in [-0.4, -0.2) is 53.9 Å². The summed E-state index contributed by atoms with van der Waals surface area (Å²) in [6, 6.07) is 5.77. The lowest BCUT2D eigenvalue weighted by molar-refractivity contribution is -0.138. The Kier molecular flexibility index (Phi) is 6.86. The summed E-state index contributed by atoms with van der Waals surface area (Å²) in [5, 5.41) is 18.7. The molecule has 1 saturated heterocycles. The van der Waals surface area contributed by atoms with Crippen LogP contribution in [0.1, 0.15) is 43.2 Å². The zero-order valence-electron chi connectivity index (χ0n) is 13.8. The molecule has 0 saturated carbocycles. The first-order valence-corrected chi connectivity index (χ1v) is 8.43. The third kappa shape index (κ3) is 5.52. The number of hydrogen-bond acceptors (Lipinski definition) is 4. The van der Waals surface area contributed by atoms with E-state index in [9.17, 15) is 9.90 Å². The molecule has 0 unspecified atom stereocenters. The molecule has 0 radical (unpaired) electrons. The number of hydrogen-bond donors (Lipinski definition) is 2. The zero-order chi connectivity index (χ0) is 16.7. The van der Waals surface area contributed by atoms with Gasteiger partial charge in [-0.2, -0.15) is 0 Å². The number of phenolic OH excluding ortho intramolecular Hbond substituents is 1. The fraction of sp³-hybridized carbons (Fsp3) is 0.611. The lowest BCUT2D eigenvalue weighted by Crippen LogP contribution is -2.32. The van der Waals surface area contributed by atoms with Crippen molar-refractivity contribution in [2.24, 2.45) is 0 Å². The van der Waals surface area contributed by atoms with E-state index in [0.717, 1.165) is 50.0 Å². The summed E-state index contributed by atoms with van der Waals surface area (Å²) >= 11 is 0. The highest BCUT2D eigenvalue weighted by Crippen LogP contribution is 2.34. The molecular formula is C18H27NO4. The molecule has 0 amide bonds. The Balaban J connectivity index is 1.87. The molecule has 0 bridgehead atoms. The lowest BCUT2D eigenvalue weighted by atomic mass is 9.87. The van der Waals surface area contributed by atoms with Crippen molar-refractivity contribution >= 4 is 5.97 Å². The number of nitrogens with zero attached hydrogens (tertiary/aromatic N) is 1. The van der Waals surface area contributed by atoms with Gasteiger partial charge < -0.3 is 19.8 Å². The molecule has 128 valence electrons. The van der Waals surface area contributed by atoms with Crippen molar-refractivity contribution in [2.75, 3.05) is 32.8 Å². The Labute approximate surface area is 137 Å². The van der Waals surface area contributed by atoms with E-state index in [1.54, 1.807) is 6.07 Å². The molecule has 1 aromatic rings. The molecule has 0 aromatic heterocycles. The summed E-state index contributed by atoms with van der Waals surface area (Å²) in [6.45, 7) is 6.20. The number of carboxylic acid groups (broad SMARTS) is 1. The van der Waals surface area contributed by atoms with Gasteiger partial charge in [0.2, 0.25) is 0 Å². The number of carboxylic acids is 1. The molecule has 5 nitrogen and oxygen atoms in total. The highest BCUT2D eigenvalue weighted by molar-refractivity contribution is 5.66. The average molecular weight is 321 g/mol. The van der Waals surface area contributed by atoms with Gasteiger partial charge in [-0.1, -0.05) is 19.1 Å². The molecule has 1 aromatic carbocycles. The van der Waals surface area contributed by atoms with Gasteiger partial charge in [0, 0.05) is 0 Å². The van der Waals surface area contributed by atoms with Crippen LogP contribution < -0.4 is 0 Å². The molecule has 2 N–H and O–H groups in total. The molecule has 0 atom stereocenters. The summed E-state index contributed by atoms with van der Waals surface area (Å²) < 4.78 is 5.34. The smallest absolute Gasteiger partial charge is 0.305 e. The topological polar surface area (TPSA) is 70.0 Å². The van der Waals surface area contributed by atoms with Crippen molar-refractivity contribution in [3.05, 3.63) is 29.3 Å². The van der Waals surface area contributed by atoms with Crippen molar-refractivity contribution in [3.63, 3.8) is 0 Å². The highest BCUT2D eigenvalue weighted by atomic mass is 16.5. The second-order valence-electron chi connectivity index (χ2n) is 6.11. The van der Waals surface area contributed by atoms with E-state index in [-0.39, 0.29) is 13.0 Å². The van der Waals surface area contributed by atoms with Crippen LogP contribution in [-0.2, 0) is 16.0 Å². The van der Waals surface area contributed by atoms with Crippen LogP contribution >= 0.6 is 0 Å². The molecule has 1 aliphatic rings. The summed E-state index contributed by atoms with van der Waals surface area (Å²) in [4.78, 5) is 12.9. The Morgan fingerprint density at radius 3 is 2.70 bits per heavy atom. The lowest BCUT2D eigenvalue weighted by Gasteiger charge is -2.31. The average Bonchev–Trinajstić information content (AvgIpc) is 2.56. The van der Waals surface area contributed by atoms with Crippen LogP contribution in [0.2, 0.25) is 0 Å². The van der Waals surface area contributed by atoms with Crippen LogP contribution in [0.4, 0.5) is 0 Å². The maximum Gasteiger partial charge on any atom is 0.305 e. The minimum absolute atomic E-state index is 0.0385. The molecule has 0 aliphatic carbocycles. The number of phenols is 1. The minimum Gasteiger partial charge on any atom is -0.508 e. The number of rotatable bonds is 8. The van der Waals surface area contributed by atoms with E-state index in [2.05, 4.69) is 17.9 Å². The summed E-state index contributed by atoms with van der Waals surface area (Å²) in [5.74, 6) is -0.0310. The predicted octanol–water partition coefficient (Wildman–Crippen LogP) is 2.63. The highest BCUT2D eigenvalue weighted by Gasteiger charge is 2.22. The van der Waals surface area contributed by atoms with Gasteiger partial charge in [0.05, 0.1) is 19.6 Å². The van der Waals surface area contributed by atoms with Crippen molar-refractivity contribution in [3.8, 4) is 5.75 Å². The van der Waals surface area contributed by atoms with E-state index >= 15 is 0 Å². The SMILES string of the molecule is CCN1CCC(c2cc(CCOCCC(=O)O)ccc2O)CC1. The van der Waals surface area contributed by atoms with Gasteiger partial charge in [0.25, 0.3) is 0 Å². The Hall–Kier alpha value is -1.59. The standard InChI is InChI=1S/C18H27NO4/c1-2-19-9-5-15(6-10-19)16-13-14(3-4-17(16)20)7-11-23-12-8-18(21)22/h3-4,13,15,20H,2,5-12H2,1H3,(H,21,22). The van der Waals surface area contributed by atoms with Gasteiger partial charge in [-0.05, 0) is 62.0 Å². The minimum atomic E-state index is -0.838. The normalized spacial score (nSPS) is 16.6. The fourth-order valence-electron chi connectivity index (χ4n) is 3.10. The molecule has 1 heterocycles. The number of aromatic hydroxyl groups is 1. The first-order valence-electron chi connectivity index (χ1n) is 8.43. The Bertz CT molecular complexity index is 510. The zero-order valence-corrected chi connectivity index (χ0v) is 13.8. The fourth-order valence-corrected chi connectivity index (χ4v) is 3.10. The first-order chi connectivity index (χ1) is 11.1. The number of likely N-dealkylation sites (tertiary alicyclic amines) is 1. The second-order valence-corrected chi connectivity index (χ2v) is 6.11. The largest absolute Gasteiger partial charge is 0.508 e. The Morgan fingerprint density at radius 1 is 1.30 bits per heavy atom. The summed E-state index contributed by atoms with van der Waals surface area (Å²) in [5.41, 5.74) is 2.18. The monoisotopic (exact) mass is 321 g/mol. The molecule has 2 rings (SSSR count). The van der Waals surface area contributed by atoms with Crippen molar-refractivity contribution in [1.82, 2.24) is 4.90 Å².